The number of alkyl carbamates (subject to hydrolysis) is 1. The van der Waals surface area contributed by atoms with Crippen LogP contribution in [0.1, 0.15) is 20.8 Å². The Morgan fingerprint density at radius 3 is 2.36 bits per heavy atom. The van der Waals surface area contributed by atoms with Crippen LogP contribution < -0.4 is 5.32 Å². The summed E-state index contributed by atoms with van der Waals surface area (Å²) in [6.45, 7) is 5.79. The fourth-order valence-corrected chi connectivity index (χ4v) is 0.668. The molecule has 0 fully saturated rings. The highest BCUT2D eigenvalue weighted by molar-refractivity contribution is 5.67. The van der Waals surface area contributed by atoms with Crippen LogP contribution in [0.3, 0.4) is 0 Å². The highest BCUT2D eigenvalue weighted by Gasteiger charge is 2.06. The van der Waals surface area contributed by atoms with E-state index in [0.717, 1.165) is 0 Å². The molecule has 0 rings (SSSR count). The average Bonchev–Trinajstić information content (AvgIpc) is 1.99. The zero-order valence-corrected chi connectivity index (χ0v) is 7.47. The first-order chi connectivity index (χ1) is 5.11. The Morgan fingerprint density at radius 1 is 1.55 bits per heavy atom. The molecule has 0 aromatic rings. The Morgan fingerprint density at radius 2 is 2.09 bits per heavy atom. The molecule has 0 aliphatic rings. The second kappa shape index (κ2) is 4.77. The fraction of sp³-hybridized carbons (Fsp3) is 0.625. The third-order valence-electron chi connectivity index (χ3n) is 1.27. The van der Waals surface area contributed by atoms with Crippen molar-refractivity contribution in [2.75, 3.05) is 7.05 Å². The maximum absolute atomic E-state index is 10.7. The number of ether oxygens (including phenoxy) is 1. The van der Waals surface area contributed by atoms with Gasteiger partial charge < -0.3 is 10.1 Å². The molecule has 3 heteroatoms. The molecular weight excluding hydrogens is 142 g/mol. The van der Waals surface area contributed by atoms with Crippen molar-refractivity contribution in [3.8, 4) is 0 Å². The molecule has 0 radical (unpaired) electrons. The summed E-state index contributed by atoms with van der Waals surface area (Å²) in [6.07, 6.45) is 1.38. The van der Waals surface area contributed by atoms with Gasteiger partial charge in [-0.15, -0.1) is 0 Å². The summed E-state index contributed by atoms with van der Waals surface area (Å²) < 4.78 is 4.92. The maximum Gasteiger partial charge on any atom is 0.412 e. The Hall–Kier alpha value is -0.990. The SMILES string of the molecule is C/C=C(\OC(=O)NC)C(C)C. The number of hydrogen-bond acceptors (Lipinski definition) is 2. The molecule has 0 saturated heterocycles. The quantitative estimate of drug-likeness (QED) is 0.622. The second-order valence-electron chi connectivity index (χ2n) is 2.49. The van der Waals surface area contributed by atoms with Gasteiger partial charge in [0.25, 0.3) is 0 Å². The van der Waals surface area contributed by atoms with Crippen LogP contribution in [0.5, 0.6) is 0 Å². The van der Waals surface area contributed by atoms with Crippen molar-refractivity contribution in [1.29, 1.82) is 0 Å². The summed E-state index contributed by atoms with van der Waals surface area (Å²) in [6, 6.07) is 0. The van der Waals surface area contributed by atoms with Gasteiger partial charge in [-0.2, -0.15) is 0 Å². The Kier molecular flexibility index (Phi) is 4.34. The topological polar surface area (TPSA) is 38.3 Å². The Balaban J connectivity index is 4.00. The first kappa shape index (κ1) is 10.0. The summed E-state index contributed by atoms with van der Waals surface area (Å²) in [5.74, 6) is 0.946. The second-order valence-corrected chi connectivity index (χ2v) is 2.49. The van der Waals surface area contributed by atoms with Crippen LogP contribution in [0.25, 0.3) is 0 Å². The summed E-state index contributed by atoms with van der Waals surface area (Å²) in [5, 5.41) is 2.38. The molecule has 0 bridgehead atoms. The molecular formula is C8H15NO2. The zero-order chi connectivity index (χ0) is 8.85. The zero-order valence-electron chi connectivity index (χ0n) is 7.47. The van der Waals surface area contributed by atoms with Crippen molar-refractivity contribution in [3.63, 3.8) is 0 Å². The molecule has 0 atom stereocenters. The number of amides is 1. The van der Waals surface area contributed by atoms with Crippen molar-refractivity contribution >= 4 is 6.09 Å². The average molecular weight is 157 g/mol. The smallest absolute Gasteiger partial charge is 0.412 e. The molecule has 0 aromatic carbocycles. The van der Waals surface area contributed by atoms with Gasteiger partial charge in [0, 0.05) is 13.0 Å². The molecule has 0 spiro atoms. The van der Waals surface area contributed by atoms with Crippen molar-refractivity contribution in [2.24, 2.45) is 5.92 Å². The van der Waals surface area contributed by atoms with Crippen molar-refractivity contribution in [3.05, 3.63) is 11.8 Å². The number of rotatable bonds is 2. The maximum atomic E-state index is 10.7. The third-order valence-corrected chi connectivity index (χ3v) is 1.27. The van der Waals surface area contributed by atoms with Crippen molar-refractivity contribution < 1.29 is 9.53 Å². The number of nitrogens with one attached hydrogen (secondary N) is 1. The molecule has 1 amide bonds. The van der Waals surface area contributed by atoms with Crippen LogP contribution in [-0.4, -0.2) is 13.1 Å². The van der Waals surface area contributed by atoms with E-state index in [-0.39, 0.29) is 5.92 Å². The van der Waals surface area contributed by atoms with E-state index in [2.05, 4.69) is 5.32 Å². The molecule has 0 unspecified atom stereocenters. The number of carbonyl (C=O) groups is 1. The van der Waals surface area contributed by atoms with E-state index in [1.165, 1.54) is 7.05 Å². The first-order valence-corrected chi connectivity index (χ1v) is 3.67. The Bertz CT molecular complexity index is 161. The van der Waals surface area contributed by atoms with Gasteiger partial charge in [-0.05, 0) is 13.0 Å². The molecule has 3 nitrogen and oxygen atoms in total. The monoisotopic (exact) mass is 157 g/mol. The highest BCUT2D eigenvalue weighted by atomic mass is 16.6. The van der Waals surface area contributed by atoms with E-state index in [1.54, 1.807) is 6.08 Å². The predicted molar refractivity (Wildman–Crippen MR) is 44.1 cm³/mol. The van der Waals surface area contributed by atoms with E-state index in [1.807, 2.05) is 20.8 Å². The van der Waals surface area contributed by atoms with E-state index in [0.29, 0.717) is 5.76 Å². The van der Waals surface area contributed by atoms with E-state index < -0.39 is 6.09 Å². The standard InChI is InChI=1S/C8H15NO2/c1-5-7(6(2)3)11-8(10)9-4/h5-6H,1-4H3,(H,9,10)/b7-5-. The predicted octanol–water partition coefficient (Wildman–Crippen LogP) is 1.90. The fourth-order valence-electron chi connectivity index (χ4n) is 0.668. The van der Waals surface area contributed by atoms with Crippen LogP contribution in [0.4, 0.5) is 4.79 Å². The third kappa shape index (κ3) is 3.65. The normalized spacial score (nSPS) is 11.5. The van der Waals surface area contributed by atoms with E-state index in [4.69, 9.17) is 4.74 Å². The van der Waals surface area contributed by atoms with Gasteiger partial charge in [-0.3, -0.25) is 0 Å². The van der Waals surface area contributed by atoms with Crippen molar-refractivity contribution in [1.82, 2.24) is 5.32 Å². The summed E-state index contributed by atoms with van der Waals surface area (Å²) in [7, 11) is 1.54. The lowest BCUT2D eigenvalue weighted by atomic mass is 10.2. The molecule has 64 valence electrons. The highest BCUT2D eigenvalue weighted by Crippen LogP contribution is 2.10. The summed E-state index contributed by atoms with van der Waals surface area (Å²) in [5.41, 5.74) is 0. The van der Waals surface area contributed by atoms with Crippen LogP contribution in [-0.2, 0) is 4.74 Å². The van der Waals surface area contributed by atoms with Gasteiger partial charge in [-0.1, -0.05) is 13.8 Å². The van der Waals surface area contributed by atoms with Crippen LogP contribution in [0, 0.1) is 5.92 Å². The number of hydrogen-bond donors (Lipinski definition) is 1. The van der Waals surface area contributed by atoms with E-state index >= 15 is 0 Å². The Labute approximate surface area is 67.4 Å². The number of allylic oxidation sites excluding steroid dienone is 2. The molecule has 11 heavy (non-hydrogen) atoms. The molecule has 0 aliphatic carbocycles. The minimum Gasteiger partial charge on any atom is -0.415 e. The molecule has 0 aromatic heterocycles. The lowest BCUT2D eigenvalue weighted by molar-refractivity contribution is 0.169. The van der Waals surface area contributed by atoms with E-state index in [9.17, 15) is 4.79 Å². The van der Waals surface area contributed by atoms with Crippen LogP contribution >= 0.6 is 0 Å². The summed E-state index contributed by atoms with van der Waals surface area (Å²) in [4.78, 5) is 10.7. The van der Waals surface area contributed by atoms with Gasteiger partial charge in [0.2, 0.25) is 0 Å². The van der Waals surface area contributed by atoms with Gasteiger partial charge in [-0.25, -0.2) is 4.79 Å². The molecule has 0 saturated carbocycles. The van der Waals surface area contributed by atoms with Crippen LogP contribution in [0.15, 0.2) is 11.8 Å². The van der Waals surface area contributed by atoms with Gasteiger partial charge >= 0.3 is 6.09 Å². The lowest BCUT2D eigenvalue weighted by Crippen LogP contribution is -2.20. The van der Waals surface area contributed by atoms with Crippen LogP contribution in [0.2, 0.25) is 0 Å². The summed E-state index contributed by atoms with van der Waals surface area (Å²) >= 11 is 0. The van der Waals surface area contributed by atoms with Crippen molar-refractivity contribution in [2.45, 2.75) is 20.8 Å². The minimum atomic E-state index is -0.410. The lowest BCUT2D eigenvalue weighted by Gasteiger charge is -2.10. The van der Waals surface area contributed by atoms with Gasteiger partial charge in [0.15, 0.2) is 0 Å². The molecule has 0 heterocycles. The minimum absolute atomic E-state index is 0.247. The molecule has 1 N–H and O–H groups in total. The first-order valence-electron chi connectivity index (χ1n) is 3.67. The largest absolute Gasteiger partial charge is 0.415 e. The number of carbonyl (C=O) groups excluding carboxylic acids is 1. The van der Waals surface area contributed by atoms with Gasteiger partial charge in [0.1, 0.15) is 5.76 Å². The van der Waals surface area contributed by atoms with Gasteiger partial charge in [0.05, 0.1) is 0 Å². The molecule has 0 aliphatic heterocycles.